The zero-order valence-electron chi connectivity index (χ0n) is 19.4. The summed E-state index contributed by atoms with van der Waals surface area (Å²) in [5.41, 5.74) is 3.58. The van der Waals surface area contributed by atoms with Crippen molar-refractivity contribution in [1.82, 2.24) is 0 Å². The molecule has 178 valence electrons. The van der Waals surface area contributed by atoms with Crippen LogP contribution in [0.2, 0.25) is 0 Å². The molecule has 2 aromatic rings. The molecule has 1 saturated carbocycles. The lowest BCUT2D eigenvalue weighted by Gasteiger charge is -2.42. The molecule has 2 aliphatic rings. The van der Waals surface area contributed by atoms with Gasteiger partial charge in [-0.3, -0.25) is 4.90 Å². The van der Waals surface area contributed by atoms with Crippen LogP contribution in [0.1, 0.15) is 33.6 Å². The second-order valence-electron chi connectivity index (χ2n) is 9.26. The predicted octanol–water partition coefficient (Wildman–Crippen LogP) is 4.09. The number of sulfone groups is 1. The first-order valence-corrected chi connectivity index (χ1v) is 13.2. The van der Waals surface area contributed by atoms with Crippen LogP contribution in [0.5, 0.6) is 0 Å². The average molecular weight is 473 g/mol. The predicted molar refractivity (Wildman–Crippen MR) is 130 cm³/mol. The second kappa shape index (κ2) is 9.35. The van der Waals surface area contributed by atoms with Crippen molar-refractivity contribution in [1.29, 1.82) is 0 Å². The number of carbonyl (C=O) groups excluding carboxylic acids is 1. The molecule has 1 amide bonds. The molecule has 8 heteroatoms. The van der Waals surface area contributed by atoms with Gasteiger partial charge in [-0.2, -0.15) is 0 Å². The largest absolute Gasteiger partial charge is 0.446 e. The highest BCUT2D eigenvalue weighted by atomic mass is 32.2. The van der Waals surface area contributed by atoms with Gasteiger partial charge < -0.3 is 14.7 Å². The quantitative estimate of drug-likeness (QED) is 0.653. The summed E-state index contributed by atoms with van der Waals surface area (Å²) in [6.45, 7) is 6.95. The summed E-state index contributed by atoms with van der Waals surface area (Å²) >= 11 is 0. The van der Waals surface area contributed by atoms with Crippen molar-refractivity contribution in [2.24, 2.45) is 5.92 Å². The van der Waals surface area contributed by atoms with E-state index in [0.29, 0.717) is 12.5 Å². The van der Waals surface area contributed by atoms with E-state index in [1.165, 1.54) is 12.8 Å². The summed E-state index contributed by atoms with van der Waals surface area (Å²) in [7, 11) is -3.50. The molecule has 0 spiro atoms. The van der Waals surface area contributed by atoms with Crippen molar-refractivity contribution in [3.8, 4) is 11.1 Å². The Morgan fingerprint density at radius 2 is 1.76 bits per heavy atom. The Labute approximate surface area is 195 Å². The fourth-order valence-electron chi connectivity index (χ4n) is 4.25. The number of hydrogen-bond acceptors (Lipinski definition) is 6. The van der Waals surface area contributed by atoms with Gasteiger partial charge in [-0.1, -0.05) is 18.2 Å². The van der Waals surface area contributed by atoms with E-state index in [9.17, 15) is 13.2 Å². The van der Waals surface area contributed by atoms with Crippen LogP contribution in [-0.2, 0) is 14.6 Å². The van der Waals surface area contributed by atoms with E-state index in [-0.39, 0.29) is 28.9 Å². The molecule has 0 bridgehead atoms. The van der Waals surface area contributed by atoms with Crippen molar-refractivity contribution < 1.29 is 23.1 Å². The molecule has 0 aromatic heterocycles. The molecule has 1 aliphatic heterocycles. The number of aliphatic hydroxyl groups is 1. The molecule has 2 aromatic carbocycles. The maximum absolute atomic E-state index is 12.9. The lowest BCUT2D eigenvalue weighted by molar-refractivity contribution is 0.122. The lowest BCUT2D eigenvalue weighted by Crippen LogP contribution is -2.50. The number of fused-ring (bicyclic) bond motifs is 1. The van der Waals surface area contributed by atoms with E-state index in [1.54, 1.807) is 29.2 Å². The molecule has 0 saturated heterocycles. The molecular formula is C25H32N2O5S. The summed E-state index contributed by atoms with van der Waals surface area (Å²) in [4.78, 5) is 17.2. The van der Waals surface area contributed by atoms with Gasteiger partial charge >= 0.3 is 6.09 Å². The second-order valence-corrected chi connectivity index (χ2v) is 11.4. The molecule has 1 unspecified atom stereocenters. The molecular weight excluding hydrogens is 440 g/mol. The van der Waals surface area contributed by atoms with Gasteiger partial charge in [-0.15, -0.1) is 0 Å². The van der Waals surface area contributed by atoms with Gasteiger partial charge in [0.05, 0.1) is 34.7 Å². The maximum atomic E-state index is 12.9. The Kier molecular flexibility index (Phi) is 6.68. The Bertz CT molecular complexity index is 1110. The molecule has 33 heavy (non-hydrogen) atoms. The number of ether oxygens (including phenoxy) is 1. The van der Waals surface area contributed by atoms with Crippen molar-refractivity contribution >= 4 is 27.3 Å². The highest BCUT2D eigenvalue weighted by Crippen LogP contribution is 2.41. The normalized spacial score (nSPS) is 18.4. The summed E-state index contributed by atoms with van der Waals surface area (Å²) in [6.07, 6.45) is 1.94. The Morgan fingerprint density at radius 3 is 2.36 bits per heavy atom. The minimum atomic E-state index is -3.50. The zero-order valence-corrected chi connectivity index (χ0v) is 20.2. The van der Waals surface area contributed by atoms with E-state index < -0.39 is 16.4 Å². The van der Waals surface area contributed by atoms with E-state index in [1.807, 2.05) is 26.0 Å². The van der Waals surface area contributed by atoms with E-state index in [4.69, 9.17) is 9.84 Å². The van der Waals surface area contributed by atoms with Gasteiger partial charge in [0.1, 0.15) is 0 Å². The van der Waals surface area contributed by atoms with Gasteiger partial charge in [-0.25, -0.2) is 13.2 Å². The van der Waals surface area contributed by atoms with Crippen LogP contribution in [0.4, 0.5) is 16.2 Å². The molecule has 1 aliphatic carbocycles. The topological polar surface area (TPSA) is 87.2 Å². The van der Waals surface area contributed by atoms with Crippen LogP contribution in [-0.4, -0.2) is 57.2 Å². The molecule has 4 rings (SSSR count). The van der Waals surface area contributed by atoms with Crippen molar-refractivity contribution in [3.05, 3.63) is 42.5 Å². The first-order valence-electron chi connectivity index (χ1n) is 11.5. The third-order valence-corrected chi connectivity index (χ3v) is 7.88. The number of aliphatic hydroxyl groups excluding tert-OH is 1. The summed E-state index contributed by atoms with van der Waals surface area (Å²) in [5, 5.41) is 9.01. The van der Waals surface area contributed by atoms with Crippen LogP contribution in [0.3, 0.4) is 0 Å². The smallest absolute Gasteiger partial charge is 0.414 e. The molecule has 7 nitrogen and oxygen atoms in total. The number of carbonyl (C=O) groups is 1. The highest BCUT2D eigenvalue weighted by molar-refractivity contribution is 7.91. The Hall–Kier alpha value is -2.58. The number of rotatable bonds is 7. The summed E-state index contributed by atoms with van der Waals surface area (Å²) < 4.78 is 30.0. The van der Waals surface area contributed by atoms with Crippen LogP contribution >= 0.6 is 0 Å². The van der Waals surface area contributed by atoms with Crippen LogP contribution in [0.25, 0.3) is 11.1 Å². The van der Waals surface area contributed by atoms with Crippen molar-refractivity contribution in [2.75, 3.05) is 35.2 Å². The van der Waals surface area contributed by atoms with Gasteiger partial charge in [0.25, 0.3) is 0 Å². The fraction of sp³-hybridized carbons (Fsp3) is 0.480. The van der Waals surface area contributed by atoms with E-state index >= 15 is 0 Å². The maximum Gasteiger partial charge on any atom is 0.414 e. The first kappa shape index (κ1) is 23.6. The molecule has 1 atom stereocenters. The standard InChI is InChI=1S/C25H32N2O5S/c1-17(2)32-25(29)27-15-18(3)26(16-19-4-5-19)23-11-8-21(14-24(23)27)20-6-9-22(10-7-20)33(30,31)13-12-28/h6-11,14,17-19,28H,4-5,12-13,15-16H2,1-3H3. The minimum Gasteiger partial charge on any atom is -0.446 e. The Balaban J connectivity index is 1.70. The highest BCUT2D eigenvalue weighted by Gasteiger charge is 2.35. The number of nitrogens with zero attached hydrogens (tertiary/aromatic N) is 2. The summed E-state index contributed by atoms with van der Waals surface area (Å²) in [6, 6.07) is 12.9. The van der Waals surface area contributed by atoms with Crippen LogP contribution < -0.4 is 9.80 Å². The van der Waals surface area contributed by atoms with Crippen molar-refractivity contribution in [3.63, 3.8) is 0 Å². The van der Waals surface area contributed by atoms with Gasteiger partial charge in [0, 0.05) is 19.1 Å². The summed E-state index contributed by atoms with van der Waals surface area (Å²) in [5.74, 6) is 0.412. The van der Waals surface area contributed by atoms with E-state index in [0.717, 1.165) is 29.0 Å². The molecule has 1 N–H and O–H groups in total. The first-order chi connectivity index (χ1) is 15.7. The Morgan fingerprint density at radius 1 is 1.09 bits per heavy atom. The van der Waals surface area contributed by atoms with Gasteiger partial charge in [0.15, 0.2) is 9.84 Å². The molecule has 0 radical (unpaired) electrons. The minimum absolute atomic E-state index is 0.180. The van der Waals surface area contributed by atoms with Crippen LogP contribution in [0.15, 0.2) is 47.4 Å². The molecule has 1 heterocycles. The zero-order chi connectivity index (χ0) is 23.8. The van der Waals surface area contributed by atoms with E-state index in [2.05, 4.69) is 17.9 Å². The molecule has 1 fully saturated rings. The van der Waals surface area contributed by atoms with Gasteiger partial charge in [0.2, 0.25) is 0 Å². The van der Waals surface area contributed by atoms with Crippen LogP contribution in [0, 0.1) is 5.92 Å². The number of amides is 1. The van der Waals surface area contributed by atoms with Gasteiger partial charge in [-0.05, 0) is 74.9 Å². The number of benzene rings is 2. The fourth-order valence-corrected chi connectivity index (χ4v) is 5.28. The monoisotopic (exact) mass is 472 g/mol. The van der Waals surface area contributed by atoms with Crippen molar-refractivity contribution in [2.45, 2.75) is 50.7 Å². The lowest BCUT2D eigenvalue weighted by atomic mass is 10.0. The number of hydrogen-bond donors (Lipinski definition) is 1. The third kappa shape index (κ3) is 5.17. The average Bonchev–Trinajstić information content (AvgIpc) is 3.59. The SMILES string of the molecule is CC(C)OC(=O)N1CC(C)N(CC2CC2)c2ccc(-c3ccc(S(=O)(=O)CCO)cc3)cc21. The third-order valence-electron chi connectivity index (χ3n) is 6.17. The number of anilines is 2.